The van der Waals surface area contributed by atoms with Crippen LogP contribution in [0.25, 0.3) is 0 Å². The van der Waals surface area contributed by atoms with Gasteiger partial charge in [-0.2, -0.15) is 0 Å². The summed E-state index contributed by atoms with van der Waals surface area (Å²) < 4.78 is 0. The zero-order valence-electron chi connectivity index (χ0n) is 16.8. The summed E-state index contributed by atoms with van der Waals surface area (Å²) in [5, 5.41) is 2.98. The molecule has 2 atom stereocenters. The number of carbonyl (C=O) groups is 3. The van der Waals surface area contributed by atoms with Crippen molar-refractivity contribution in [3.8, 4) is 0 Å². The summed E-state index contributed by atoms with van der Waals surface area (Å²) in [7, 11) is 0. The van der Waals surface area contributed by atoms with Crippen LogP contribution in [-0.2, 0) is 9.59 Å². The lowest BCUT2D eigenvalue weighted by Gasteiger charge is -2.24. The van der Waals surface area contributed by atoms with Gasteiger partial charge in [0.25, 0.3) is 0 Å². The molecule has 6 heteroatoms. The molecule has 0 radical (unpaired) electrons. The highest BCUT2D eigenvalue weighted by Gasteiger charge is 2.44. The van der Waals surface area contributed by atoms with Crippen LogP contribution in [0.15, 0.2) is 0 Å². The Kier molecular flexibility index (Phi) is 7.07. The SMILES string of the molecule is C[C@@H]1CCN(C(=O)NCCCCCCN2C(=O)CC(C(C)(C)C)C2=O)C1. The van der Waals surface area contributed by atoms with E-state index in [9.17, 15) is 14.4 Å². The van der Waals surface area contributed by atoms with Gasteiger partial charge in [0.2, 0.25) is 11.8 Å². The minimum absolute atomic E-state index is 0.00500. The van der Waals surface area contributed by atoms with Crippen molar-refractivity contribution in [2.75, 3.05) is 26.2 Å². The van der Waals surface area contributed by atoms with Gasteiger partial charge in [-0.15, -0.1) is 0 Å². The summed E-state index contributed by atoms with van der Waals surface area (Å²) in [6, 6.07) is 0.0517. The number of nitrogens with zero attached hydrogens (tertiary/aromatic N) is 2. The molecule has 2 rings (SSSR count). The van der Waals surface area contributed by atoms with Crippen LogP contribution in [0.1, 0.15) is 66.2 Å². The predicted octanol–water partition coefficient (Wildman–Crippen LogP) is 3.02. The number of hydrogen-bond donors (Lipinski definition) is 1. The number of amides is 4. The molecule has 2 fully saturated rings. The normalized spacial score (nSPS) is 23.8. The second kappa shape index (κ2) is 8.87. The molecule has 1 N–H and O–H groups in total. The van der Waals surface area contributed by atoms with Crippen LogP contribution in [0.3, 0.4) is 0 Å². The molecule has 0 aromatic carbocycles. The maximum absolute atomic E-state index is 12.4. The van der Waals surface area contributed by atoms with Crippen molar-refractivity contribution >= 4 is 17.8 Å². The average Bonchev–Trinajstić information content (AvgIpc) is 3.11. The van der Waals surface area contributed by atoms with Gasteiger partial charge in [-0.1, -0.05) is 40.5 Å². The topological polar surface area (TPSA) is 69.7 Å². The third kappa shape index (κ3) is 5.45. The van der Waals surface area contributed by atoms with Gasteiger partial charge in [-0.3, -0.25) is 14.5 Å². The smallest absolute Gasteiger partial charge is 0.317 e. The lowest BCUT2D eigenvalue weighted by atomic mass is 9.80. The fourth-order valence-corrected chi connectivity index (χ4v) is 3.77. The van der Waals surface area contributed by atoms with Crippen LogP contribution in [-0.4, -0.2) is 53.8 Å². The number of hydrogen-bond acceptors (Lipinski definition) is 3. The van der Waals surface area contributed by atoms with Gasteiger partial charge in [0.15, 0.2) is 0 Å². The molecule has 2 heterocycles. The summed E-state index contributed by atoms with van der Waals surface area (Å²) in [6.45, 7) is 11.2. The van der Waals surface area contributed by atoms with Crippen LogP contribution in [0.2, 0.25) is 0 Å². The minimum Gasteiger partial charge on any atom is -0.338 e. The van der Waals surface area contributed by atoms with E-state index < -0.39 is 0 Å². The molecule has 0 spiro atoms. The number of urea groups is 1. The molecule has 1 unspecified atom stereocenters. The Bertz CT molecular complexity index is 527. The molecule has 0 bridgehead atoms. The molecule has 6 nitrogen and oxygen atoms in total. The monoisotopic (exact) mass is 365 g/mol. The first-order valence-electron chi connectivity index (χ1n) is 10.1. The van der Waals surface area contributed by atoms with Crippen LogP contribution in [0.4, 0.5) is 4.79 Å². The fraction of sp³-hybridized carbons (Fsp3) is 0.850. The Hall–Kier alpha value is -1.59. The maximum Gasteiger partial charge on any atom is 0.317 e. The molecule has 148 valence electrons. The van der Waals surface area contributed by atoms with E-state index in [4.69, 9.17) is 0 Å². The van der Waals surface area contributed by atoms with Crippen molar-refractivity contribution in [2.45, 2.75) is 66.2 Å². The Morgan fingerprint density at radius 1 is 1.15 bits per heavy atom. The second-order valence-corrected chi connectivity index (χ2v) is 8.99. The first kappa shape index (κ1) is 20.7. The van der Waals surface area contributed by atoms with Gasteiger partial charge in [-0.05, 0) is 30.6 Å². The van der Waals surface area contributed by atoms with E-state index >= 15 is 0 Å². The van der Waals surface area contributed by atoms with Crippen LogP contribution in [0, 0.1) is 17.3 Å². The molecule has 0 saturated carbocycles. The lowest BCUT2D eigenvalue weighted by Crippen LogP contribution is -2.38. The van der Waals surface area contributed by atoms with E-state index in [1.807, 2.05) is 25.7 Å². The molecular weight excluding hydrogens is 330 g/mol. The summed E-state index contributed by atoms with van der Waals surface area (Å²) in [5.41, 5.74) is -0.160. The summed E-state index contributed by atoms with van der Waals surface area (Å²) in [4.78, 5) is 39.8. The molecule has 0 aliphatic carbocycles. The zero-order valence-corrected chi connectivity index (χ0v) is 16.8. The molecule has 0 aromatic heterocycles. The molecule has 2 aliphatic heterocycles. The van der Waals surface area contributed by atoms with Gasteiger partial charge < -0.3 is 10.2 Å². The minimum atomic E-state index is -0.182. The van der Waals surface area contributed by atoms with Crippen LogP contribution >= 0.6 is 0 Å². The molecular formula is C20H35N3O3. The van der Waals surface area contributed by atoms with Gasteiger partial charge in [0.05, 0.1) is 5.92 Å². The van der Waals surface area contributed by atoms with E-state index in [1.54, 1.807) is 0 Å². The second-order valence-electron chi connectivity index (χ2n) is 8.99. The van der Waals surface area contributed by atoms with Gasteiger partial charge in [-0.25, -0.2) is 4.79 Å². The quantitative estimate of drug-likeness (QED) is 0.557. The van der Waals surface area contributed by atoms with Crippen molar-refractivity contribution in [1.82, 2.24) is 15.1 Å². The first-order chi connectivity index (χ1) is 12.2. The number of carbonyl (C=O) groups excluding carboxylic acids is 3. The fourth-order valence-electron chi connectivity index (χ4n) is 3.77. The van der Waals surface area contributed by atoms with E-state index in [1.165, 1.54) is 4.90 Å². The van der Waals surface area contributed by atoms with Gasteiger partial charge in [0.1, 0.15) is 0 Å². The number of rotatable bonds is 7. The van der Waals surface area contributed by atoms with Crippen LogP contribution < -0.4 is 5.32 Å². The largest absolute Gasteiger partial charge is 0.338 e. The molecule has 4 amide bonds. The Balaban J connectivity index is 1.56. The lowest BCUT2D eigenvalue weighted by molar-refractivity contribution is -0.140. The summed E-state index contributed by atoms with van der Waals surface area (Å²) >= 11 is 0. The Morgan fingerprint density at radius 2 is 1.85 bits per heavy atom. The maximum atomic E-state index is 12.4. The average molecular weight is 366 g/mol. The summed E-state index contributed by atoms with van der Waals surface area (Å²) in [5.74, 6) is 0.393. The van der Waals surface area contributed by atoms with Crippen molar-refractivity contribution in [1.29, 1.82) is 0 Å². The van der Waals surface area contributed by atoms with E-state index in [0.717, 1.165) is 45.2 Å². The Morgan fingerprint density at radius 3 is 2.42 bits per heavy atom. The van der Waals surface area contributed by atoms with Gasteiger partial charge in [0, 0.05) is 32.6 Å². The van der Waals surface area contributed by atoms with E-state index in [0.29, 0.717) is 25.4 Å². The molecule has 26 heavy (non-hydrogen) atoms. The highest BCUT2D eigenvalue weighted by Crippen LogP contribution is 2.35. The molecule has 0 aromatic rings. The number of imide groups is 1. The standard InChI is InChI=1S/C20H35N3O3/c1-15-9-12-22(14-15)19(26)21-10-7-5-6-8-11-23-17(24)13-16(18(23)25)20(2,3)4/h15-16H,5-14H2,1-4H3,(H,21,26)/t15-,16?/m1/s1. The highest BCUT2D eigenvalue weighted by atomic mass is 16.2. The third-order valence-electron chi connectivity index (χ3n) is 5.59. The van der Waals surface area contributed by atoms with Crippen molar-refractivity contribution in [3.63, 3.8) is 0 Å². The zero-order chi connectivity index (χ0) is 19.3. The van der Waals surface area contributed by atoms with Gasteiger partial charge >= 0.3 is 6.03 Å². The predicted molar refractivity (Wildman–Crippen MR) is 102 cm³/mol. The molecule has 2 saturated heterocycles. The van der Waals surface area contributed by atoms with Crippen molar-refractivity contribution in [2.24, 2.45) is 17.3 Å². The highest BCUT2D eigenvalue weighted by molar-refractivity contribution is 6.03. The first-order valence-corrected chi connectivity index (χ1v) is 10.1. The Labute approximate surface area is 157 Å². The number of nitrogens with one attached hydrogen (secondary N) is 1. The number of likely N-dealkylation sites (tertiary alicyclic amines) is 2. The van der Waals surface area contributed by atoms with Crippen LogP contribution in [0.5, 0.6) is 0 Å². The molecule has 2 aliphatic rings. The van der Waals surface area contributed by atoms with Crippen molar-refractivity contribution < 1.29 is 14.4 Å². The van der Waals surface area contributed by atoms with E-state index in [2.05, 4.69) is 12.2 Å². The van der Waals surface area contributed by atoms with E-state index in [-0.39, 0.29) is 29.2 Å². The summed E-state index contributed by atoms with van der Waals surface area (Å²) in [6.07, 6.45) is 5.18. The third-order valence-corrected chi connectivity index (χ3v) is 5.59. The number of unbranched alkanes of at least 4 members (excludes halogenated alkanes) is 3. The van der Waals surface area contributed by atoms with Crippen molar-refractivity contribution in [3.05, 3.63) is 0 Å².